The first-order valence-electron chi connectivity index (χ1n) is 5.70. The van der Waals surface area contributed by atoms with Crippen LogP contribution in [-0.2, 0) is 0 Å². The monoisotopic (exact) mass is 267 g/mol. The van der Waals surface area contributed by atoms with Gasteiger partial charge in [-0.05, 0) is 30.5 Å². The molecule has 1 unspecified atom stereocenters. The summed E-state index contributed by atoms with van der Waals surface area (Å²) in [6.07, 6.45) is 4.89. The summed E-state index contributed by atoms with van der Waals surface area (Å²) in [5, 5.41) is 5.66. The third-order valence-corrected chi connectivity index (χ3v) is 4.56. The Balaban J connectivity index is 2.29. The molecule has 2 aromatic rings. The van der Waals surface area contributed by atoms with Gasteiger partial charge in [0.2, 0.25) is 0 Å². The lowest BCUT2D eigenvalue weighted by atomic mass is 10.2. The number of rotatable bonds is 5. The summed E-state index contributed by atoms with van der Waals surface area (Å²) in [6, 6.07) is 0.477. The van der Waals surface area contributed by atoms with Gasteiger partial charge in [0, 0.05) is 11.8 Å². The maximum atomic E-state index is 4.37. The minimum Gasteiger partial charge on any atom is -0.365 e. The molecule has 17 heavy (non-hydrogen) atoms. The van der Waals surface area contributed by atoms with Crippen molar-refractivity contribution in [2.45, 2.75) is 26.3 Å². The van der Waals surface area contributed by atoms with E-state index < -0.39 is 0 Å². The molecule has 92 valence electrons. The summed E-state index contributed by atoms with van der Waals surface area (Å²) >= 11 is 3.58. The van der Waals surface area contributed by atoms with E-state index in [1.807, 2.05) is 11.8 Å². The first kappa shape index (κ1) is 12.6. The van der Waals surface area contributed by atoms with E-state index in [-0.39, 0.29) is 0 Å². The number of fused-ring (bicyclic) bond motifs is 1. The molecular weight excluding hydrogens is 250 g/mol. The molecule has 2 rings (SSSR count). The minimum atomic E-state index is 0.477. The molecule has 3 nitrogen and oxygen atoms in total. The van der Waals surface area contributed by atoms with Crippen molar-refractivity contribution in [2.24, 2.45) is 0 Å². The van der Waals surface area contributed by atoms with E-state index in [9.17, 15) is 0 Å². The van der Waals surface area contributed by atoms with Gasteiger partial charge in [0.05, 0.1) is 10.2 Å². The summed E-state index contributed by atoms with van der Waals surface area (Å²) in [7, 11) is 0. The van der Waals surface area contributed by atoms with Crippen molar-refractivity contribution in [3.05, 3.63) is 17.3 Å². The van der Waals surface area contributed by atoms with E-state index in [4.69, 9.17) is 0 Å². The predicted octanol–water partition coefficient (Wildman–Crippen LogP) is 3.55. The van der Waals surface area contributed by atoms with E-state index >= 15 is 0 Å². The number of nitrogens with one attached hydrogen (secondary N) is 1. The lowest BCUT2D eigenvalue weighted by molar-refractivity contribution is 0.771. The topological polar surface area (TPSA) is 37.8 Å². The van der Waals surface area contributed by atoms with Crippen LogP contribution in [0.3, 0.4) is 0 Å². The van der Waals surface area contributed by atoms with E-state index in [0.717, 1.165) is 23.5 Å². The summed E-state index contributed by atoms with van der Waals surface area (Å²) < 4.78 is 1.17. The summed E-state index contributed by atoms with van der Waals surface area (Å²) in [5.41, 5.74) is 2.31. The molecule has 5 heteroatoms. The number of aryl methyl sites for hydroxylation is 1. The van der Waals surface area contributed by atoms with Gasteiger partial charge in [0.25, 0.3) is 0 Å². The third-order valence-electron chi connectivity index (χ3n) is 2.73. The molecule has 0 spiro atoms. The van der Waals surface area contributed by atoms with Gasteiger partial charge in [-0.25, -0.2) is 9.97 Å². The zero-order valence-corrected chi connectivity index (χ0v) is 12.0. The SMILES string of the molecule is CCC(CSC)Nc1ncnc2c(C)csc12. The molecule has 2 heterocycles. The Kier molecular flexibility index (Phi) is 4.23. The molecular formula is C12H17N3S2. The number of aromatic nitrogens is 2. The van der Waals surface area contributed by atoms with Gasteiger partial charge in [-0.3, -0.25) is 0 Å². The van der Waals surface area contributed by atoms with Crippen molar-refractivity contribution in [1.82, 2.24) is 9.97 Å². The number of nitrogens with zero attached hydrogens (tertiary/aromatic N) is 2. The molecule has 0 amide bonds. The molecule has 0 aromatic carbocycles. The first-order chi connectivity index (χ1) is 8.26. The van der Waals surface area contributed by atoms with Gasteiger partial charge < -0.3 is 5.32 Å². The van der Waals surface area contributed by atoms with Crippen LogP contribution in [0.25, 0.3) is 10.2 Å². The number of anilines is 1. The van der Waals surface area contributed by atoms with Crippen molar-refractivity contribution >= 4 is 39.1 Å². The summed E-state index contributed by atoms with van der Waals surface area (Å²) in [4.78, 5) is 8.70. The molecule has 2 aromatic heterocycles. The van der Waals surface area contributed by atoms with Crippen LogP contribution in [0.15, 0.2) is 11.7 Å². The zero-order chi connectivity index (χ0) is 12.3. The van der Waals surface area contributed by atoms with Crippen LogP contribution >= 0.6 is 23.1 Å². The molecule has 0 aliphatic heterocycles. The minimum absolute atomic E-state index is 0.477. The Morgan fingerprint density at radius 2 is 2.29 bits per heavy atom. The Hall–Kier alpha value is -0.810. The van der Waals surface area contributed by atoms with Gasteiger partial charge in [0.1, 0.15) is 12.1 Å². The molecule has 1 atom stereocenters. The standard InChI is InChI=1S/C12H17N3S2/c1-4-9(6-16-3)15-12-11-10(13-7-14-12)8(2)5-17-11/h5,7,9H,4,6H2,1-3H3,(H,13,14,15). The van der Waals surface area contributed by atoms with Gasteiger partial charge in [-0.1, -0.05) is 6.92 Å². The molecule has 0 saturated heterocycles. The van der Waals surface area contributed by atoms with Gasteiger partial charge >= 0.3 is 0 Å². The first-order valence-corrected chi connectivity index (χ1v) is 7.97. The van der Waals surface area contributed by atoms with E-state index in [0.29, 0.717) is 6.04 Å². The van der Waals surface area contributed by atoms with Crippen LogP contribution in [0, 0.1) is 6.92 Å². The normalized spacial score (nSPS) is 12.9. The van der Waals surface area contributed by atoms with Crippen molar-refractivity contribution in [3.8, 4) is 0 Å². The number of hydrogen-bond acceptors (Lipinski definition) is 5. The van der Waals surface area contributed by atoms with Gasteiger partial charge in [0.15, 0.2) is 0 Å². The smallest absolute Gasteiger partial charge is 0.147 e. The molecule has 0 aliphatic carbocycles. The summed E-state index contributed by atoms with van der Waals surface area (Å²) in [6.45, 7) is 4.29. The Morgan fingerprint density at radius 3 is 3.00 bits per heavy atom. The molecule has 1 N–H and O–H groups in total. The van der Waals surface area contributed by atoms with Crippen molar-refractivity contribution < 1.29 is 0 Å². The highest BCUT2D eigenvalue weighted by Gasteiger charge is 2.11. The number of thiophene rings is 1. The second-order valence-corrected chi connectivity index (χ2v) is 5.81. The fraction of sp³-hybridized carbons (Fsp3) is 0.500. The van der Waals surface area contributed by atoms with Crippen molar-refractivity contribution in [1.29, 1.82) is 0 Å². The average Bonchev–Trinajstić information content (AvgIpc) is 2.72. The van der Waals surface area contributed by atoms with Crippen LogP contribution in [-0.4, -0.2) is 28.0 Å². The molecule has 0 fully saturated rings. The zero-order valence-electron chi connectivity index (χ0n) is 10.4. The van der Waals surface area contributed by atoms with Crippen LogP contribution < -0.4 is 5.32 Å². The second kappa shape index (κ2) is 5.69. The highest BCUT2D eigenvalue weighted by atomic mass is 32.2. The van der Waals surface area contributed by atoms with Crippen LogP contribution in [0.4, 0.5) is 5.82 Å². The fourth-order valence-electron chi connectivity index (χ4n) is 1.73. The van der Waals surface area contributed by atoms with Crippen LogP contribution in [0.5, 0.6) is 0 Å². The van der Waals surface area contributed by atoms with Crippen LogP contribution in [0.2, 0.25) is 0 Å². The van der Waals surface area contributed by atoms with Crippen LogP contribution in [0.1, 0.15) is 18.9 Å². The lowest BCUT2D eigenvalue weighted by Gasteiger charge is -2.16. The highest BCUT2D eigenvalue weighted by Crippen LogP contribution is 2.29. The highest BCUT2D eigenvalue weighted by molar-refractivity contribution is 7.98. The van der Waals surface area contributed by atoms with Crippen molar-refractivity contribution in [2.75, 3.05) is 17.3 Å². The van der Waals surface area contributed by atoms with E-state index in [1.54, 1.807) is 17.7 Å². The molecule has 0 saturated carbocycles. The second-order valence-electron chi connectivity index (χ2n) is 4.02. The quantitative estimate of drug-likeness (QED) is 0.899. The van der Waals surface area contributed by atoms with Gasteiger partial charge in [-0.2, -0.15) is 11.8 Å². The van der Waals surface area contributed by atoms with Gasteiger partial charge in [-0.15, -0.1) is 11.3 Å². The Morgan fingerprint density at radius 1 is 1.47 bits per heavy atom. The average molecular weight is 267 g/mol. The lowest BCUT2D eigenvalue weighted by Crippen LogP contribution is -2.21. The van der Waals surface area contributed by atoms with E-state index in [1.165, 1.54) is 10.3 Å². The molecule has 0 radical (unpaired) electrons. The third kappa shape index (κ3) is 2.72. The van der Waals surface area contributed by atoms with Crippen molar-refractivity contribution in [3.63, 3.8) is 0 Å². The fourth-order valence-corrected chi connectivity index (χ4v) is 3.40. The maximum Gasteiger partial charge on any atom is 0.147 e. The number of hydrogen-bond donors (Lipinski definition) is 1. The molecule has 0 aliphatic rings. The molecule has 0 bridgehead atoms. The largest absolute Gasteiger partial charge is 0.365 e. The Bertz CT molecular complexity index is 495. The predicted molar refractivity (Wildman–Crippen MR) is 78.2 cm³/mol. The number of thioether (sulfide) groups is 1. The van der Waals surface area contributed by atoms with E-state index in [2.05, 4.69) is 40.8 Å². The Labute approximate surface area is 110 Å². The maximum absolute atomic E-state index is 4.37. The summed E-state index contributed by atoms with van der Waals surface area (Å²) in [5.74, 6) is 2.08.